The highest BCUT2D eigenvalue weighted by Crippen LogP contribution is 2.30. The van der Waals surface area contributed by atoms with Gasteiger partial charge in [-0.25, -0.2) is 17.9 Å². The summed E-state index contributed by atoms with van der Waals surface area (Å²) in [6.07, 6.45) is 5.65. The van der Waals surface area contributed by atoms with Crippen LogP contribution in [0.1, 0.15) is 40.9 Å². The molecule has 0 aliphatic heterocycles. The Bertz CT molecular complexity index is 615. The zero-order chi connectivity index (χ0) is 15.6. The standard InChI is InChI=1S/C13H19NO4S3/c1-8-7-20-11(13(15)16)12(8)21(17,18)14-9-3-5-10(19-2)6-4-9/h7,9-10,14H,3-6H2,1-2H3,(H,15,16). The molecule has 0 unspecified atom stereocenters. The van der Waals surface area contributed by atoms with Crippen molar-refractivity contribution in [3.63, 3.8) is 0 Å². The highest BCUT2D eigenvalue weighted by atomic mass is 32.2. The maximum absolute atomic E-state index is 12.5. The predicted octanol–water partition coefficient (Wildman–Crippen LogP) is 2.71. The van der Waals surface area contributed by atoms with E-state index in [0.29, 0.717) is 10.8 Å². The summed E-state index contributed by atoms with van der Waals surface area (Å²) in [6, 6.07) is -0.0978. The van der Waals surface area contributed by atoms with Crippen LogP contribution in [0.15, 0.2) is 10.3 Å². The van der Waals surface area contributed by atoms with Crippen molar-refractivity contribution >= 4 is 39.1 Å². The van der Waals surface area contributed by atoms with Crippen LogP contribution in [0.2, 0.25) is 0 Å². The van der Waals surface area contributed by atoms with Gasteiger partial charge in [-0.1, -0.05) is 0 Å². The third-order valence-electron chi connectivity index (χ3n) is 3.71. The molecule has 5 nitrogen and oxygen atoms in total. The summed E-state index contributed by atoms with van der Waals surface area (Å²) in [5.41, 5.74) is 0.489. The zero-order valence-corrected chi connectivity index (χ0v) is 14.4. The SMILES string of the molecule is CSC1CCC(NS(=O)(=O)c2c(C)csc2C(=O)O)CC1. The van der Waals surface area contributed by atoms with Crippen LogP contribution in [0.25, 0.3) is 0 Å². The number of rotatable bonds is 5. The monoisotopic (exact) mass is 349 g/mol. The summed E-state index contributed by atoms with van der Waals surface area (Å²) in [5.74, 6) is -1.19. The van der Waals surface area contributed by atoms with E-state index in [1.807, 2.05) is 11.8 Å². The summed E-state index contributed by atoms with van der Waals surface area (Å²) in [7, 11) is -3.77. The quantitative estimate of drug-likeness (QED) is 0.854. The lowest BCUT2D eigenvalue weighted by Gasteiger charge is -2.27. The summed E-state index contributed by atoms with van der Waals surface area (Å²) in [5, 5.41) is 11.3. The molecular weight excluding hydrogens is 330 g/mol. The molecule has 0 amide bonds. The molecule has 118 valence electrons. The van der Waals surface area contributed by atoms with Gasteiger partial charge >= 0.3 is 5.97 Å². The molecule has 1 fully saturated rings. The molecule has 8 heteroatoms. The van der Waals surface area contributed by atoms with Crippen molar-refractivity contribution in [3.8, 4) is 0 Å². The van der Waals surface area contributed by atoms with Crippen LogP contribution in [0, 0.1) is 6.92 Å². The van der Waals surface area contributed by atoms with E-state index in [1.54, 1.807) is 12.3 Å². The Morgan fingerprint density at radius 1 is 1.38 bits per heavy atom. The van der Waals surface area contributed by atoms with Crippen LogP contribution < -0.4 is 4.72 Å². The molecule has 1 aromatic heterocycles. The lowest BCUT2D eigenvalue weighted by molar-refractivity contribution is 0.0698. The van der Waals surface area contributed by atoms with Crippen molar-refractivity contribution < 1.29 is 18.3 Å². The minimum atomic E-state index is -3.77. The number of aromatic carboxylic acids is 1. The third-order valence-corrected chi connectivity index (χ3v) is 7.77. The van der Waals surface area contributed by atoms with Crippen LogP contribution >= 0.6 is 23.1 Å². The Morgan fingerprint density at radius 2 is 2.00 bits per heavy atom. The Balaban J connectivity index is 2.16. The van der Waals surface area contributed by atoms with Crippen LogP contribution in [-0.4, -0.2) is 37.0 Å². The molecule has 0 radical (unpaired) electrons. The predicted molar refractivity (Wildman–Crippen MR) is 85.9 cm³/mol. The summed E-state index contributed by atoms with van der Waals surface area (Å²) in [4.78, 5) is 11.0. The maximum Gasteiger partial charge on any atom is 0.347 e. The first kappa shape index (κ1) is 16.8. The first-order valence-electron chi connectivity index (χ1n) is 6.71. The van der Waals surface area contributed by atoms with E-state index in [1.165, 1.54) is 0 Å². The van der Waals surface area contributed by atoms with E-state index in [-0.39, 0.29) is 15.8 Å². The highest BCUT2D eigenvalue weighted by molar-refractivity contribution is 7.99. The minimum absolute atomic E-state index is 0.0769. The van der Waals surface area contributed by atoms with Crippen LogP contribution in [0.5, 0.6) is 0 Å². The first-order valence-corrected chi connectivity index (χ1v) is 10.4. The largest absolute Gasteiger partial charge is 0.477 e. The van der Waals surface area contributed by atoms with Gasteiger partial charge in [0.15, 0.2) is 0 Å². The Hall–Kier alpha value is -0.570. The van der Waals surface area contributed by atoms with E-state index >= 15 is 0 Å². The Morgan fingerprint density at radius 3 is 2.52 bits per heavy atom. The van der Waals surface area contributed by atoms with Gasteiger partial charge in [-0.05, 0) is 49.8 Å². The molecule has 21 heavy (non-hydrogen) atoms. The molecule has 1 aromatic rings. The summed E-state index contributed by atoms with van der Waals surface area (Å²) in [6.45, 7) is 1.63. The number of carbonyl (C=O) groups is 1. The van der Waals surface area contributed by atoms with Gasteiger partial charge in [-0.3, -0.25) is 0 Å². The van der Waals surface area contributed by atoms with E-state index in [2.05, 4.69) is 11.0 Å². The zero-order valence-electron chi connectivity index (χ0n) is 12.0. The van der Waals surface area contributed by atoms with Crippen LogP contribution in [0.3, 0.4) is 0 Å². The molecule has 0 bridgehead atoms. The fourth-order valence-corrected chi connectivity index (χ4v) is 6.29. The number of hydrogen-bond acceptors (Lipinski definition) is 5. The lowest BCUT2D eigenvalue weighted by Crippen LogP contribution is -2.38. The fourth-order valence-electron chi connectivity index (χ4n) is 2.61. The minimum Gasteiger partial charge on any atom is -0.477 e. The second-order valence-electron chi connectivity index (χ2n) is 5.21. The molecule has 0 aromatic carbocycles. The molecular formula is C13H19NO4S3. The molecule has 0 saturated heterocycles. The molecule has 0 atom stereocenters. The number of nitrogens with one attached hydrogen (secondary N) is 1. The van der Waals surface area contributed by atoms with Gasteiger partial charge in [0.1, 0.15) is 9.77 Å². The van der Waals surface area contributed by atoms with Crippen LogP contribution in [-0.2, 0) is 10.0 Å². The summed E-state index contributed by atoms with van der Waals surface area (Å²) < 4.78 is 27.7. The van der Waals surface area contributed by atoms with E-state index in [9.17, 15) is 13.2 Å². The highest BCUT2D eigenvalue weighted by Gasteiger charge is 2.30. The van der Waals surface area contributed by atoms with E-state index in [4.69, 9.17) is 5.11 Å². The number of carboxylic acids is 1. The maximum atomic E-state index is 12.5. The Labute approximate surface area is 133 Å². The number of sulfonamides is 1. The second-order valence-corrected chi connectivity index (χ2v) is 8.88. The number of aryl methyl sites for hydroxylation is 1. The summed E-state index contributed by atoms with van der Waals surface area (Å²) >= 11 is 2.77. The van der Waals surface area contributed by atoms with E-state index < -0.39 is 16.0 Å². The first-order chi connectivity index (χ1) is 9.85. The molecule has 2 N–H and O–H groups in total. The molecule has 1 heterocycles. The molecule has 1 saturated carbocycles. The fraction of sp³-hybridized carbons (Fsp3) is 0.615. The van der Waals surface area contributed by atoms with Gasteiger partial charge in [-0.2, -0.15) is 11.8 Å². The van der Waals surface area contributed by atoms with Crippen molar-refractivity contribution in [2.45, 2.75) is 48.8 Å². The van der Waals surface area contributed by atoms with Gasteiger partial charge < -0.3 is 5.11 Å². The number of hydrogen-bond donors (Lipinski definition) is 2. The topological polar surface area (TPSA) is 83.5 Å². The van der Waals surface area contributed by atoms with E-state index in [0.717, 1.165) is 37.0 Å². The second kappa shape index (κ2) is 6.68. The third kappa shape index (κ3) is 3.80. The lowest BCUT2D eigenvalue weighted by atomic mass is 9.96. The smallest absolute Gasteiger partial charge is 0.347 e. The average molecular weight is 349 g/mol. The number of thioether (sulfide) groups is 1. The van der Waals surface area contributed by atoms with Crippen molar-refractivity contribution in [2.75, 3.05) is 6.26 Å². The van der Waals surface area contributed by atoms with Gasteiger partial charge in [0.05, 0.1) is 0 Å². The van der Waals surface area contributed by atoms with Gasteiger partial charge in [0, 0.05) is 11.3 Å². The Kier molecular flexibility index (Phi) is 5.34. The molecule has 2 rings (SSSR count). The number of carboxylic acid groups (broad SMARTS) is 1. The molecule has 0 spiro atoms. The van der Waals surface area contributed by atoms with Gasteiger partial charge in [0.25, 0.3) is 0 Å². The molecule has 1 aliphatic carbocycles. The van der Waals surface area contributed by atoms with Crippen molar-refractivity contribution in [2.24, 2.45) is 0 Å². The van der Waals surface area contributed by atoms with Crippen molar-refractivity contribution in [1.29, 1.82) is 0 Å². The average Bonchev–Trinajstić information content (AvgIpc) is 2.82. The number of thiophene rings is 1. The van der Waals surface area contributed by atoms with Crippen molar-refractivity contribution in [1.82, 2.24) is 4.72 Å². The van der Waals surface area contributed by atoms with Gasteiger partial charge in [0.2, 0.25) is 10.0 Å². The van der Waals surface area contributed by atoms with Crippen LogP contribution in [0.4, 0.5) is 0 Å². The normalized spacial score (nSPS) is 23.1. The molecule has 1 aliphatic rings. The van der Waals surface area contributed by atoms with Crippen molar-refractivity contribution in [3.05, 3.63) is 15.8 Å². The van der Waals surface area contributed by atoms with Gasteiger partial charge in [-0.15, -0.1) is 11.3 Å².